The normalized spacial score (nSPS) is 19.6. The van der Waals surface area contributed by atoms with E-state index in [1.807, 2.05) is 24.3 Å². The first kappa shape index (κ1) is 8.57. The quantitative estimate of drug-likeness (QED) is 0.704. The zero-order valence-electron chi connectivity index (χ0n) is 7.62. The van der Waals surface area contributed by atoms with E-state index in [1.54, 1.807) is 0 Å². The summed E-state index contributed by atoms with van der Waals surface area (Å²) >= 11 is 0. The van der Waals surface area contributed by atoms with Gasteiger partial charge in [0, 0.05) is 12.2 Å². The molecular formula is C11H12O2. The molecule has 2 nitrogen and oxygen atoms in total. The van der Waals surface area contributed by atoms with Crippen molar-refractivity contribution in [3.8, 4) is 5.75 Å². The predicted molar refractivity (Wildman–Crippen MR) is 49.3 cm³/mol. The maximum atomic E-state index is 5.54. The van der Waals surface area contributed by atoms with Crippen LogP contribution in [0.5, 0.6) is 5.75 Å². The second-order valence-electron chi connectivity index (χ2n) is 3.01. The van der Waals surface area contributed by atoms with Crippen molar-refractivity contribution in [2.24, 2.45) is 0 Å². The second kappa shape index (κ2) is 3.79. The molecule has 1 aromatic carbocycles. The Morgan fingerprint density at radius 1 is 1.46 bits per heavy atom. The van der Waals surface area contributed by atoms with Crippen molar-refractivity contribution in [2.75, 3.05) is 6.61 Å². The van der Waals surface area contributed by atoms with E-state index in [4.69, 9.17) is 9.47 Å². The zero-order valence-corrected chi connectivity index (χ0v) is 7.62. The molecule has 1 atom stereocenters. The SMILES string of the molecule is CCCOC1[C]Oc2ccccc21. The van der Waals surface area contributed by atoms with Crippen LogP contribution in [0.2, 0.25) is 0 Å². The van der Waals surface area contributed by atoms with Crippen LogP contribution in [-0.2, 0) is 4.74 Å². The van der Waals surface area contributed by atoms with Crippen LogP contribution < -0.4 is 4.74 Å². The van der Waals surface area contributed by atoms with Crippen molar-refractivity contribution < 1.29 is 9.47 Å². The molecule has 0 N–H and O–H groups in total. The van der Waals surface area contributed by atoms with Crippen molar-refractivity contribution in [3.63, 3.8) is 0 Å². The van der Waals surface area contributed by atoms with Gasteiger partial charge in [0.25, 0.3) is 0 Å². The van der Waals surface area contributed by atoms with Gasteiger partial charge in [-0.2, -0.15) is 0 Å². The number of fused-ring (bicyclic) bond motifs is 1. The van der Waals surface area contributed by atoms with Crippen LogP contribution in [0, 0.1) is 6.61 Å². The van der Waals surface area contributed by atoms with Gasteiger partial charge >= 0.3 is 0 Å². The molecule has 1 aromatic rings. The zero-order chi connectivity index (χ0) is 9.10. The Labute approximate surface area is 78.5 Å². The standard InChI is InChI=1S/C11H12O2/c1-2-7-12-11-8-13-10-6-4-3-5-9(10)11/h3-6,11H,2,7H2,1H3. The lowest BCUT2D eigenvalue weighted by Gasteiger charge is -2.07. The van der Waals surface area contributed by atoms with E-state index in [0.29, 0.717) is 0 Å². The lowest BCUT2D eigenvalue weighted by atomic mass is 10.1. The van der Waals surface area contributed by atoms with Gasteiger partial charge in [-0.25, -0.2) is 0 Å². The monoisotopic (exact) mass is 176 g/mol. The van der Waals surface area contributed by atoms with Crippen LogP contribution in [0.15, 0.2) is 24.3 Å². The summed E-state index contributed by atoms with van der Waals surface area (Å²) in [6.07, 6.45) is 0.913. The molecule has 2 heteroatoms. The summed E-state index contributed by atoms with van der Waals surface area (Å²) in [4.78, 5) is 0. The highest BCUT2D eigenvalue weighted by Gasteiger charge is 2.25. The van der Waals surface area contributed by atoms with E-state index < -0.39 is 0 Å². The highest BCUT2D eigenvalue weighted by molar-refractivity contribution is 5.40. The third-order valence-corrected chi connectivity index (χ3v) is 1.97. The number of rotatable bonds is 3. The fraction of sp³-hybridized carbons (Fsp3) is 0.364. The number of hydrogen-bond acceptors (Lipinski definition) is 2. The molecule has 1 heterocycles. The summed E-state index contributed by atoms with van der Waals surface area (Å²) in [6, 6.07) is 7.87. The van der Waals surface area contributed by atoms with Gasteiger partial charge in [-0.05, 0) is 12.5 Å². The van der Waals surface area contributed by atoms with Crippen molar-refractivity contribution >= 4 is 0 Å². The van der Waals surface area contributed by atoms with E-state index in [-0.39, 0.29) is 6.10 Å². The summed E-state index contributed by atoms with van der Waals surface area (Å²) in [6.45, 7) is 5.67. The van der Waals surface area contributed by atoms with Gasteiger partial charge < -0.3 is 9.47 Å². The topological polar surface area (TPSA) is 18.5 Å². The van der Waals surface area contributed by atoms with Gasteiger partial charge in [0.15, 0.2) is 0 Å². The Morgan fingerprint density at radius 2 is 2.31 bits per heavy atom. The Kier molecular flexibility index (Phi) is 2.50. The number of benzene rings is 1. The van der Waals surface area contributed by atoms with Crippen molar-refractivity contribution in [1.29, 1.82) is 0 Å². The molecule has 0 spiro atoms. The van der Waals surface area contributed by atoms with Crippen molar-refractivity contribution in [3.05, 3.63) is 36.4 Å². The van der Waals surface area contributed by atoms with Gasteiger partial charge in [0.2, 0.25) is 6.61 Å². The van der Waals surface area contributed by atoms with Crippen molar-refractivity contribution in [1.82, 2.24) is 0 Å². The summed E-state index contributed by atoms with van der Waals surface area (Å²) in [5.74, 6) is 0.864. The highest BCUT2D eigenvalue weighted by Crippen LogP contribution is 2.36. The van der Waals surface area contributed by atoms with Gasteiger partial charge in [-0.3, -0.25) is 0 Å². The largest absolute Gasteiger partial charge is 0.475 e. The molecule has 0 amide bonds. The maximum absolute atomic E-state index is 5.54. The molecule has 1 aliphatic heterocycles. The Hall–Kier alpha value is -1.02. The van der Waals surface area contributed by atoms with E-state index in [1.165, 1.54) is 0 Å². The first-order valence-electron chi connectivity index (χ1n) is 4.54. The highest BCUT2D eigenvalue weighted by atomic mass is 16.5. The third kappa shape index (κ3) is 1.68. The van der Waals surface area contributed by atoms with E-state index in [9.17, 15) is 0 Å². The number of para-hydroxylation sites is 1. The van der Waals surface area contributed by atoms with Gasteiger partial charge in [0.1, 0.15) is 11.9 Å². The maximum Gasteiger partial charge on any atom is 0.232 e. The van der Waals surface area contributed by atoms with E-state index in [0.717, 1.165) is 24.3 Å². The summed E-state index contributed by atoms with van der Waals surface area (Å²) in [5.41, 5.74) is 1.08. The molecule has 0 aliphatic carbocycles. The van der Waals surface area contributed by atoms with Crippen molar-refractivity contribution in [2.45, 2.75) is 19.4 Å². The average molecular weight is 176 g/mol. The second-order valence-corrected chi connectivity index (χ2v) is 3.01. The van der Waals surface area contributed by atoms with Gasteiger partial charge in [-0.1, -0.05) is 25.1 Å². The van der Waals surface area contributed by atoms with E-state index >= 15 is 0 Å². The minimum Gasteiger partial charge on any atom is -0.475 e. The van der Waals surface area contributed by atoms with Crippen LogP contribution in [0.3, 0.4) is 0 Å². The molecule has 0 saturated carbocycles. The van der Waals surface area contributed by atoms with Crippen LogP contribution in [0.4, 0.5) is 0 Å². The molecule has 1 aliphatic rings. The minimum atomic E-state index is -0.101. The smallest absolute Gasteiger partial charge is 0.232 e. The van der Waals surface area contributed by atoms with Gasteiger partial charge in [-0.15, -0.1) is 0 Å². The fourth-order valence-corrected chi connectivity index (χ4v) is 1.33. The summed E-state index contributed by atoms with van der Waals surface area (Å²) < 4.78 is 10.8. The van der Waals surface area contributed by atoms with Crippen LogP contribution in [-0.4, -0.2) is 6.61 Å². The average Bonchev–Trinajstić information content (AvgIpc) is 2.58. The number of ether oxygens (including phenoxy) is 2. The molecule has 1 unspecified atom stereocenters. The molecule has 0 bridgehead atoms. The third-order valence-electron chi connectivity index (χ3n) is 1.97. The molecular weight excluding hydrogens is 164 g/mol. The number of hydrogen-bond donors (Lipinski definition) is 0. The molecule has 68 valence electrons. The molecule has 2 rings (SSSR count). The van der Waals surface area contributed by atoms with E-state index in [2.05, 4.69) is 13.5 Å². The molecule has 13 heavy (non-hydrogen) atoms. The lowest BCUT2D eigenvalue weighted by molar-refractivity contribution is 0.0636. The Morgan fingerprint density at radius 3 is 3.15 bits per heavy atom. The van der Waals surface area contributed by atoms with Gasteiger partial charge in [0.05, 0.1) is 0 Å². The summed E-state index contributed by atoms with van der Waals surface area (Å²) in [5, 5.41) is 0. The predicted octanol–water partition coefficient (Wildman–Crippen LogP) is 2.59. The van der Waals surface area contributed by atoms with Crippen LogP contribution in [0.1, 0.15) is 25.0 Å². The lowest BCUT2D eigenvalue weighted by Crippen LogP contribution is -2.01. The first-order chi connectivity index (χ1) is 6.42. The fourth-order valence-electron chi connectivity index (χ4n) is 1.33. The molecule has 0 aromatic heterocycles. The Balaban J connectivity index is 2.09. The molecule has 2 radical (unpaired) electrons. The first-order valence-corrected chi connectivity index (χ1v) is 4.54. The molecule has 0 saturated heterocycles. The van der Waals surface area contributed by atoms with Crippen LogP contribution >= 0.6 is 0 Å². The van der Waals surface area contributed by atoms with Crippen LogP contribution in [0.25, 0.3) is 0 Å². The minimum absolute atomic E-state index is 0.101. The Bertz CT molecular complexity index is 283. The molecule has 0 fully saturated rings. The summed E-state index contributed by atoms with van der Waals surface area (Å²) in [7, 11) is 0.